The minimum absolute atomic E-state index is 0.681. The highest BCUT2D eigenvalue weighted by Crippen LogP contribution is 2.10. The number of nitrogens with zero attached hydrogens (tertiary/aromatic N) is 3. The number of nitrogens with one attached hydrogen (secondary N) is 1. The Balaban J connectivity index is 1.79. The van der Waals surface area contributed by atoms with Crippen LogP contribution in [0.1, 0.15) is 18.5 Å². The molecule has 2 heterocycles. The second-order valence-electron chi connectivity index (χ2n) is 4.62. The SMILES string of the molecule is CNC1CCCN(CCc2ccnn2C)C1. The Kier molecular flexibility index (Phi) is 3.96. The number of rotatable bonds is 4. The van der Waals surface area contributed by atoms with E-state index >= 15 is 0 Å². The average molecular weight is 222 g/mol. The maximum Gasteiger partial charge on any atom is 0.0492 e. The summed E-state index contributed by atoms with van der Waals surface area (Å²) in [6.07, 6.45) is 5.62. The van der Waals surface area contributed by atoms with Crippen LogP contribution in [0.3, 0.4) is 0 Å². The van der Waals surface area contributed by atoms with Crippen molar-refractivity contribution in [3.8, 4) is 0 Å². The van der Waals surface area contributed by atoms with Gasteiger partial charge in [-0.25, -0.2) is 0 Å². The van der Waals surface area contributed by atoms with Gasteiger partial charge in [0.1, 0.15) is 0 Å². The summed E-state index contributed by atoms with van der Waals surface area (Å²) >= 11 is 0. The zero-order valence-corrected chi connectivity index (χ0v) is 10.3. The summed E-state index contributed by atoms with van der Waals surface area (Å²) in [4.78, 5) is 2.55. The lowest BCUT2D eigenvalue weighted by atomic mass is 10.1. The van der Waals surface area contributed by atoms with Crippen molar-refractivity contribution in [1.82, 2.24) is 20.0 Å². The predicted molar refractivity (Wildman–Crippen MR) is 65.4 cm³/mol. The van der Waals surface area contributed by atoms with Gasteiger partial charge in [-0.15, -0.1) is 0 Å². The molecule has 0 spiro atoms. The monoisotopic (exact) mass is 222 g/mol. The molecule has 4 heteroatoms. The largest absolute Gasteiger partial charge is 0.316 e. The third-order valence-electron chi connectivity index (χ3n) is 3.52. The van der Waals surface area contributed by atoms with E-state index in [2.05, 4.69) is 28.4 Å². The van der Waals surface area contributed by atoms with E-state index in [4.69, 9.17) is 0 Å². The molecular formula is C12H22N4. The van der Waals surface area contributed by atoms with Crippen LogP contribution < -0.4 is 5.32 Å². The van der Waals surface area contributed by atoms with Gasteiger partial charge < -0.3 is 10.2 Å². The maximum atomic E-state index is 4.20. The van der Waals surface area contributed by atoms with Gasteiger partial charge in [-0.1, -0.05) is 0 Å². The van der Waals surface area contributed by atoms with Crippen molar-refractivity contribution in [1.29, 1.82) is 0 Å². The molecule has 1 unspecified atom stereocenters. The van der Waals surface area contributed by atoms with Crippen LogP contribution in [0.5, 0.6) is 0 Å². The van der Waals surface area contributed by atoms with Crippen LogP contribution in [0.4, 0.5) is 0 Å². The Morgan fingerprint density at radius 3 is 3.12 bits per heavy atom. The molecule has 1 saturated heterocycles. The summed E-state index contributed by atoms with van der Waals surface area (Å²) in [6, 6.07) is 2.79. The highest BCUT2D eigenvalue weighted by Gasteiger charge is 2.17. The van der Waals surface area contributed by atoms with Gasteiger partial charge in [0, 0.05) is 44.5 Å². The van der Waals surface area contributed by atoms with Crippen molar-refractivity contribution < 1.29 is 0 Å². The first-order valence-electron chi connectivity index (χ1n) is 6.16. The topological polar surface area (TPSA) is 33.1 Å². The summed E-state index contributed by atoms with van der Waals surface area (Å²) < 4.78 is 1.97. The Morgan fingerprint density at radius 2 is 2.44 bits per heavy atom. The molecule has 1 aromatic rings. The summed E-state index contributed by atoms with van der Waals surface area (Å²) in [7, 11) is 4.08. The van der Waals surface area contributed by atoms with Gasteiger partial charge in [0.15, 0.2) is 0 Å². The second kappa shape index (κ2) is 5.46. The molecule has 0 aromatic carbocycles. The summed E-state index contributed by atoms with van der Waals surface area (Å²) in [6.45, 7) is 3.59. The zero-order valence-electron chi connectivity index (χ0n) is 10.3. The summed E-state index contributed by atoms with van der Waals surface area (Å²) in [5.41, 5.74) is 1.33. The van der Waals surface area contributed by atoms with Crippen molar-refractivity contribution in [2.24, 2.45) is 7.05 Å². The van der Waals surface area contributed by atoms with Crippen LogP contribution in [0, 0.1) is 0 Å². The van der Waals surface area contributed by atoms with Gasteiger partial charge in [-0.2, -0.15) is 5.10 Å². The number of aromatic nitrogens is 2. The van der Waals surface area contributed by atoms with E-state index in [-0.39, 0.29) is 0 Å². The molecule has 1 aliphatic heterocycles. The molecule has 1 aliphatic rings. The van der Waals surface area contributed by atoms with Gasteiger partial charge in [-0.05, 0) is 32.5 Å². The number of piperidine rings is 1. The zero-order chi connectivity index (χ0) is 11.4. The number of likely N-dealkylation sites (N-methyl/N-ethyl adjacent to an activating group) is 1. The lowest BCUT2D eigenvalue weighted by Crippen LogP contribution is -2.45. The fourth-order valence-corrected chi connectivity index (χ4v) is 2.41. The summed E-state index contributed by atoms with van der Waals surface area (Å²) in [5, 5.41) is 7.58. The van der Waals surface area contributed by atoms with Gasteiger partial charge in [-0.3, -0.25) is 4.68 Å². The number of hydrogen-bond donors (Lipinski definition) is 1. The molecule has 1 aromatic heterocycles. The van der Waals surface area contributed by atoms with Crippen LogP contribution in [0.2, 0.25) is 0 Å². The molecule has 1 fully saturated rings. The van der Waals surface area contributed by atoms with Gasteiger partial charge in [0.25, 0.3) is 0 Å². The van der Waals surface area contributed by atoms with Crippen molar-refractivity contribution in [3.05, 3.63) is 18.0 Å². The van der Waals surface area contributed by atoms with Gasteiger partial charge in [0.05, 0.1) is 0 Å². The van der Waals surface area contributed by atoms with E-state index < -0.39 is 0 Å². The third-order valence-corrected chi connectivity index (χ3v) is 3.52. The van der Waals surface area contributed by atoms with Gasteiger partial charge in [0.2, 0.25) is 0 Å². The van der Waals surface area contributed by atoms with E-state index in [1.807, 2.05) is 17.9 Å². The molecule has 0 amide bonds. The quantitative estimate of drug-likeness (QED) is 0.812. The third kappa shape index (κ3) is 2.83. The van der Waals surface area contributed by atoms with Crippen LogP contribution in [0.15, 0.2) is 12.3 Å². The normalized spacial score (nSPS) is 22.5. The first-order chi connectivity index (χ1) is 7.79. The van der Waals surface area contributed by atoms with Crippen LogP contribution in [0.25, 0.3) is 0 Å². The summed E-state index contributed by atoms with van der Waals surface area (Å²) in [5.74, 6) is 0. The van der Waals surface area contributed by atoms with Crippen LogP contribution in [-0.4, -0.2) is 47.4 Å². The molecule has 1 N–H and O–H groups in total. The average Bonchev–Trinajstić information content (AvgIpc) is 2.72. The Hall–Kier alpha value is -0.870. The van der Waals surface area contributed by atoms with E-state index in [0.29, 0.717) is 6.04 Å². The van der Waals surface area contributed by atoms with E-state index in [0.717, 1.165) is 13.0 Å². The minimum atomic E-state index is 0.681. The van der Waals surface area contributed by atoms with E-state index in [1.54, 1.807) is 0 Å². The molecule has 0 radical (unpaired) electrons. The molecule has 2 rings (SSSR count). The Bertz CT molecular complexity index is 321. The highest BCUT2D eigenvalue weighted by molar-refractivity contribution is 5.00. The molecular weight excluding hydrogens is 200 g/mol. The van der Waals surface area contributed by atoms with Crippen LogP contribution in [-0.2, 0) is 13.5 Å². The standard InChI is InChI=1S/C12H22N4/c1-13-11-4-3-8-16(10-11)9-6-12-5-7-14-15(12)2/h5,7,11,13H,3-4,6,8-10H2,1-2H3. The lowest BCUT2D eigenvalue weighted by Gasteiger charge is -2.32. The van der Waals surface area contributed by atoms with Crippen molar-refractivity contribution in [3.63, 3.8) is 0 Å². The van der Waals surface area contributed by atoms with Crippen molar-refractivity contribution >= 4 is 0 Å². The molecule has 16 heavy (non-hydrogen) atoms. The maximum absolute atomic E-state index is 4.20. The molecule has 4 nitrogen and oxygen atoms in total. The molecule has 90 valence electrons. The number of hydrogen-bond acceptors (Lipinski definition) is 3. The number of likely N-dealkylation sites (tertiary alicyclic amines) is 1. The smallest absolute Gasteiger partial charge is 0.0492 e. The molecule has 1 atom stereocenters. The van der Waals surface area contributed by atoms with Gasteiger partial charge >= 0.3 is 0 Å². The Labute approximate surface area is 97.6 Å². The molecule has 0 saturated carbocycles. The lowest BCUT2D eigenvalue weighted by molar-refractivity contribution is 0.196. The van der Waals surface area contributed by atoms with E-state index in [9.17, 15) is 0 Å². The fraction of sp³-hybridized carbons (Fsp3) is 0.750. The highest BCUT2D eigenvalue weighted by atomic mass is 15.3. The first kappa shape index (κ1) is 11.6. The second-order valence-corrected chi connectivity index (χ2v) is 4.62. The Morgan fingerprint density at radius 1 is 1.56 bits per heavy atom. The molecule has 0 bridgehead atoms. The number of aryl methyl sites for hydroxylation is 1. The van der Waals surface area contributed by atoms with Crippen molar-refractivity contribution in [2.45, 2.75) is 25.3 Å². The fourth-order valence-electron chi connectivity index (χ4n) is 2.41. The predicted octanol–water partition coefficient (Wildman–Crippen LogP) is 0.646. The molecule has 0 aliphatic carbocycles. The first-order valence-corrected chi connectivity index (χ1v) is 6.16. The van der Waals surface area contributed by atoms with Crippen LogP contribution >= 0.6 is 0 Å². The van der Waals surface area contributed by atoms with Crippen molar-refractivity contribution in [2.75, 3.05) is 26.7 Å². The van der Waals surface area contributed by atoms with E-state index in [1.165, 1.54) is 31.6 Å². The minimum Gasteiger partial charge on any atom is -0.316 e.